The van der Waals surface area contributed by atoms with E-state index in [1.54, 1.807) is 41.5 Å². The Morgan fingerprint density at radius 2 is 0.688 bits per heavy atom. The molecular formula is C10H26Br2In2O2. The van der Waals surface area contributed by atoms with Crippen LogP contribution in [0.1, 0.15) is 41.5 Å². The van der Waals surface area contributed by atoms with Crippen molar-refractivity contribution in [3.63, 3.8) is 0 Å². The average molecular weight is 568 g/mol. The summed E-state index contributed by atoms with van der Waals surface area (Å²) in [5.41, 5.74) is -1.00. The van der Waals surface area contributed by atoms with Gasteiger partial charge in [0.15, 0.2) is 0 Å². The number of hydrogen-bond donors (Lipinski definition) is 2. The van der Waals surface area contributed by atoms with E-state index in [0.717, 1.165) is 0 Å². The number of aliphatic hydroxyl groups is 2. The Balaban J connectivity index is -0.0000000621. The molecule has 16 heavy (non-hydrogen) atoms. The molecule has 0 amide bonds. The number of rotatable bonds is 0. The maximum atomic E-state index is 8.52. The predicted molar refractivity (Wildman–Crippen MR) is 85.0 cm³/mol. The molecule has 0 atom stereocenters. The van der Waals surface area contributed by atoms with Crippen LogP contribution in [0.2, 0.25) is 9.36 Å². The Morgan fingerprint density at radius 1 is 0.688 bits per heavy atom. The summed E-state index contributed by atoms with van der Waals surface area (Å²) < 4.78 is 4.46. The van der Waals surface area contributed by atoms with Crippen LogP contribution < -0.4 is 0 Å². The molecule has 0 saturated carbocycles. The Kier molecular flexibility index (Phi) is 29.8. The van der Waals surface area contributed by atoms with E-state index in [4.69, 9.17) is 10.2 Å². The van der Waals surface area contributed by atoms with Crippen molar-refractivity contribution in [1.29, 1.82) is 0 Å². The molecule has 2 radical (unpaired) electrons. The van der Waals surface area contributed by atoms with Crippen molar-refractivity contribution in [2.45, 2.75) is 62.1 Å². The first-order valence-corrected chi connectivity index (χ1v) is 26.4. The standard InChI is InChI=1S/2C4H10O.2CH3.2BrH.2In/c2*1-4(2,3)5;;;;;;/h2*5H,1-3H3;2*1H3;2*1H;;/q;;;;;;2*+1/p-2. The van der Waals surface area contributed by atoms with Crippen molar-refractivity contribution in [1.82, 2.24) is 0 Å². The molecule has 0 aromatic carbocycles. The van der Waals surface area contributed by atoms with Gasteiger partial charge in [-0.3, -0.25) is 0 Å². The summed E-state index contributed by atoms with van der Waals surface area (Å²) in [5, 5.41) is 17.0. The van der Waals surface area contributed by atoms with Gasteiger partial charge in [-0.25, -0.2) is 0 Å². The molecule has 0 bridgehead atoms. The SMILES string of the molecule is CC(C)(C)O.CC(C)(C)O.[CH3][In][Br].[CH3][In][Br]. The van der Waals surface area contributed by atoms with Crippen LogP contribution in [0, 0.1) is 0 Å². The van der Waals surface area contributed by atoms with E-state index in [2.05, 4.69) is 34.0 Å². The summed E-state index contributed by atoms with van der Waals surface area (Å²) in [4.78, 5) is 0. The van der Waals surface area contributed by atoms with Crippen molar-refractivity contribution < 1.29 is 10.2 Å². The summed E-state index contributed by atoms with van der Waals surface area (Å²) in [6, 6.07) is 0. The van der Waals surface area contributed by atoms with Crippen molar-refractivity contribution in [2.75, 3.05) is 0 Å². The maximum absolute atomic E-state index is 8.52. The van der Waals surface area contributed by atoms with Crippen LogP contribution in [0.3, 0.4) is 0 Å². The monoisotopic (exact) mass is 566 g/mol. The van der Waals surface area contributed by atoms with Gasteiger partial charge >= 0.3 is 75.1 Å². The first kappa shape index (κ1) is 27.0. The van der Waals surface area contributed by atoms with Gasteiger partial charge in [0.1, 0.15) is 0 Å². The van der Waals surface area contributed by atoms with Gasteiger partial charge < -0.3 is 10.2 Å². The van der Waals surface area contributed by atoms with E-state index in [9.17, 15) is 0 Å². The molecule has 0 aliphatic rings. The second-order valence-corrected chi connectivity index (χ2v) is 19.6. The van der Waals surface area contributed by atoms with Crippen molar-refractivity contribution in [2.24, 2.45) is 0 Å². The minimum absolute atomic E-state index is 0.0775. The van der Waals surface area contributed by atoms with Gasteiger partial charge in [-0.1, -0.05) is 0 Å². The minimum atomic E-state index is -0.500. The summed E-state index contributed by atoms with van der Waals surface area (Å²) in [6.07, 6.45) is 0. The fraction of sp³-hybridized carbons (Fsp3) is 1.00. The Bertz CT molecular complexity index is 86.4. The van der Waals surface area contributed by atoms with Crippen LogP contribution in [0.25, 0.3) is 0 Å². The molecule has 0 unspecified atom stereocenters. The van der Waals surface area contributed by atoms with Gasteiger partial charge in [-0.15, -0.1) is 0 Å². The molecule has 0 spiro atoms. The topological polar surface area (TPSA) is 40.5 Å². The average Bonchev–Trinajstić information content (AvgIpc) is 1.79. The molecule has 0 heterocycles. The molecule has 2 nitrogen and oxygen atoms in total. The molecule has 0 rings (SSSR count). The Morgan fingerprint density at radius 3 is 0.688 bits per heavy atom. The normalized spacial score (nSPS) is 9.25. The van der Waals surface area contributed by atoms with E-state index in [1.165, 1.54) is 0 Å². The first-order chi connectivity index (χ1) is 6.83. The Labute approximate surface area is 136 Å². The van der Waals surface area contributed by atoms with Crippen LogP contribution in [-0.2, 0) is 0 Å². The third-order valence-electron chi connectivity index (χ3n) is 0. The molecule has 0 saturated heterocycles. The molecule has 0 aliphatic heterocycles. The third-order valence-corrected chi connectivity index (χ3v) is 0. The summed E-state index contributed by atoms with van der Waals surface area (Å²) >= 11 is 6.52. The van der Waals surface area contributed by atoms with Gasteiger partial charge in [0.2, 0.25) is 0 Å². The summed E-state index contributed by atoms with van der Waals surface area (Å²) in [5.74, 6) is 0. The van der Waals surface area contributed by atoms with E-state index in [1.807, 2.05) is 0 Å². The molecule has 0 fully saturated rings. The first-order valence-electron chi connectivity index (χ1n) is 5.04. The molecule has 6 heteroatoms. The van der Waals surface area contributed by atoms with Gasteiger partial charge in [0.25, 0.3) is 0 Å². The molecule has 0 aromatic heterocycles. The molecular weight excluding hydrogens is 542 g/mol. The zero-order valence-electron chi connectivity index (χ0n) is 11.8. The van der Waals surface area contributed by atoms with Crippen LogP contribution in [0.5, 0.6) is 0 Å². The van der Waals surface area contributed by atoms with Crippen LogP contribution in [0.15, 0.2) is 0 Å². The number of halogens is 2. The second kappa shape index (κ2) is 17.6. The van der Waals surface area contributed by atoms with Crippen molar-refractivity contribution >= 4 is 65.7 Å². The molecule has 0 aliphatic carbocycles. The van der Waals surface area contributed by atoms with E-state index >= 15 is 0 Å². The van der Waals surface area contributed by atoms with Crippen molar-refractivity contribution in [3.05, 3.63) is 0 Å². The van der Waals surface area contributed by atoms with Crippen molar-refractivity contribution in [3.8, 4) is 0 Å². The molecule has 2 N–H and O–H groups in total. The van der Waals surface area contributed by atoms with Crippen LogP contribution in [0.4, 0.5) is 0 Å². The van der Waals surface area contributed by atoms with Gasteiger partial charge in [0.05, 0.1) is 11.2 Å². The van der Waals surface area contributed by atoms with Gasteiger partial charge in [0, 0.05) is 0 Å². The van der Waals surface area contributed by atoms with Gasteiger partial charge in [-0.2, -0.15) is 0 Å². The molecule has 0 aromatic rings. The van der Waals surface area contributed by atoms with Gasteiger partial charge in [-0.05, 0) is 41.5 Å². The van der Waals surface area contributed by atoms with E-state index < -0.39 is 11.2 Å². The zero-order valence-corrected chi connectivity index (χ0v) is 21.6. The third kappa shape index (κ3) is 591. The second-order valence-electron chi connectivity index (χ2n) is 4.78. The zero-order chi connectivity index (χ0) is 14.4. The predicted octanol–water partition coefficient (Wildman–Crippen LogP) is 3.65. The summed E-state index contributed by atoms with van der Waals surface area (Å²) in [7, 11) is 0. The van der Waals surface area contributed by atoms with Crippen LogP contribution >= 0.6 is 24.6 Å². The number of hydrogen-bond acceptors (Lipinski definition) is 2. The van der Waals surface area contributed by atoms with Crippen LogP contribution in [-0.4, -0.2) is 62.6 Å². The fourth-order valence-electron chi connectivity index (χ4n) is 0. The Hall–Kier alpha value is 2.62. The summed E-state index contributed by atoms with van der Waals surface area (Å²) in [6.45, 7) is 10.5. The molecule has 98 valence electrons. The quantitative estimate of drug-likeness (QED) is 0.469. The van der Waals surface area contributed by atoms with E-state index in [0.29, 0.717) is 0 Å². The van der Waals surface area contributed by atoms with E-state index in [-0.39, 0.29) is 41.2 Å². The fourth-order valence-corrected chi connectivity index (χ4v) is 0.